The van der Waals surface area contributed by atoms with Crippen molar-refractivity contribution in [2.24, 2.45) is 5.16 Å². The third-order valence-corrected chi connectivity index (χ3v) is 4.92. The Bertz CT molecular complexity index is 528. The van der Waals surface area contributed by atoms with Crippen molar-refractivity contribution in [1.29, 1.82) is 0 Å². The molecule has 2 aliphatic heterocycles. The van der Waals surface area contributed by atoms with E-state index in [4.69, 9.17) is 16.4 Å². The van der Waals surface area contributed by atoms with Gasteiger partial charge in [-0.05, 0) is 30.5 Å². The molecular formula is C15H16ClN2O. The number of hydrogen-bond acceptors (Lipinski definition) is 2. The zero-order valence-corrected chi connectivity index (χ0v) is 11.5. The van der Waals surface area contributed by atoms with Crippen molar-refractivity contribution in [3.63, 3.8) is 0 Å². The Labute approximate surface area is 118 Å². The van der Waals surface area contributed by atoms with E-state index in [1.54, 1.807) is 0 Å². The summed E-state index contributed by atoms with van der Waals surface area (Å²) in [6.45, 7) is 1.72. The molecule has 1 aromatic rings. The highest BCUT2D eigenvalue weighted by atomic mass is 35.5. The molecule has 2 heterocycles. The van der Waals surface area contributed by atoms with Gasteiger partial charge in [-0.2, -0.15) is 0 Å². The highest BCUT2D eigenvalue weighted by Gasteiger charge is 2.55. The number of rotatable bonds is 2. The van der Waals surface area contributed by atoms with E-state index in [1.165, 1.54) is 24.1 Å². The van der Waals surface area contributed by atoms with E-state index in [0.717, 1.165) is 31.0 Å². The average molecular weight is 276 g/mol. The topological polar surface area (TPSA) is 35.7 Å². The lowest BCUT2D eigenvalue weighted by atomic mass is 9.84. The van der Waals surface area contributed by atoms with E-state index in [0.29, 0.717) is 0 Å². The molecule has 4 rings (SSSR count). The molecule has 3 aliphatic rings. The van der Waals surface area contributed by atoms with Crippen molar-refractivity contribution in [2.45, 2.75) is 36.7 Å². The first-order valence-electron chi connectivity index (χ1n) is 6.87. The van der Waals surface area contributed by atoms with Crippen LogP contribution in [-0.2, 0) is 10.3 Å². The summed E-state index contributed by atoms with van der Waals surface area (Å²) in [5.41, 5.74) is 2.55. The van der Waals surface area contributed by atoms with Crippen LogP contribution < -0.4 is 5.32 Å². The van der Waals surface area contributed by atoms with Gasteiger partial charge >= 0.3 is 0 Å². The van der Waals surface area contributed by atoms with E-state index in [1.807, 2.05) is 12.1 Å². The first-order chi connectivity index (χ1) is 9.23. The van der Waals surface area contributed by atoms with Crippen LogP contribution in [-0.4, -0.2) is 24.4 Å². The normalized spacial score (nSPS) is 31.3. The molecule has 0 amide bonds. The highest BCUT2D eigenvalue weighted by molar-refractivity contribution is 6.30. The number of hydrogen-bond donors (Lipinski definition) is 0. The molecule has 1 aromatic carbocycles. The van der Waals surface area contributed by atoms with E-state index in [2.05, 4.69) is 22.6 Å². The summed E-state index contributed by atoms with van der Waals surface area (Å²) in [7, 11) is 0. The summed E-state index contributed by atoms with van der Waals surface area (Å²) in [5, 5.41) is 9.64. The van der Waals surface area contributed by atoms with E-state index in [-0.39, 0.29) is 11.0 Å². The van der Waals surface area contributed by atoms with Crippen molar-refractivity contribution >= 4 is 17.3 Å². The summed E-state index contributed by atoms with van der Waals surface area (Å²) in [5.74, 6) is 0. The molecule has 1 radical (unpaired) electrons. The molecule has 2 fully saturated rings. The molecule has 0 aromatic heterocycles. The van der Waals surface area contributed by atoms with Crippen LogP contribution >= 0.6 is 11.6 Å². The molecule has 99 valence electrons. The van der Waals surface area contributed by atoms with E-state index in [9.17, 15) is 0 Å². The maximum atomic E-state index is 5.97. The zero-order valence-electron chi connectivity index (χ0n) is 10.7. The van der Waals surface area contributed by atoms with Crippen LogP contribution in [0, 0.1) is 0 Å². The SMILES string of the molecule is Clc1ccc(C2(C3=NOC4(CC[N]C4)C3)CC2)cc1. The largest absolute Gasteiger partial charge is 0.387 e. The fourth-order valence-corrected chi connectivity index (χ4v) is 3.41. The van der Waals surface area contributed by atoms with E-state index < -0.39 is 0 Å². The smallest absolute Gasteiger partial charge is 0.158 e. The van der Waals surface area contributed by atoms with E-state index >= 15 is 0 Å². The molecule has 4 heteroatoms. The molecule has 1 atom stereocenters. The highest BCUT2D eigenvalue weighted by Crippen LogP contribution is 2.53. The van der Waals surface area contributed by atoms with Gasteiger partial charge in [0.1, 0.15) is 0 Å². The summed E-state index contributed by atoms with van der Waals surface area (Å²) in [6.07, 6.45) is 4.30. The Balaban J connectivity index is 1.61. The van der Waals surface area contributed by atoms with Crippen LogP contribution in [0.1, 0.15) is 31.2 Å². The lowest BCUT2D eigenvalue weighted by molar-refractivity contribution is -0.00209. The number of halogens is 1. The van der Waals surface area contributed by atoms with Crippen LogP contribution in [0.5, 0.6) is 0 Å². The van der Waals surface area contributed by atoms with Crippen LogP contribution in [0.4, 0.5) is 0 Å². The van der Waals surface area contributed by atoms with Gasteiger partial charge in [0.05, 0.1) is 12.3 Å². The molecule has 19 heavy (non-hydrogen) atoms. The van der Waals surface area contributed by atoms with Gasteiger partial charge in [-0.25, -0.2) is 5.32 Å². The van der Waals surface area contributed by atoms with Crippen LogP contribution in [0.2, 0.25) is 5.02 Å². The summed E-state index contributed by atoms with van der Waals surface area (Å²) in [6, 6.07) is 8.19. The first kappa shape index (κ1) is 11.7. The van der Waals surface area contributed by atoms with Gasteiger partial charge in [0.15, 0.2) is 5.60 Å². The minimum Gasteiger partial charge on any atom is -0.387 e. The van der Waals surface area contributed by atoms with Crippen molar-refractivity contribution in [3.05, 3.63) is 34.9 Å². The number of benzene rings is 1. The summed E-state index contributed by atoms with van der Waals surface area (Å²) >= 11 is 5.97. The minimum atomic E-state index is -0.114. The van der Waals surface area contributed by atoms with Gasteiger partial charge in [0, 0.05) is 29.8 Å². The fourth-order valence-electron chi connectivity index (χ4n) is 3.28. The molecule has 3 nitrogen and oxygen atoms in total. The van der Waals surface area contributed by atoms with Gasteiger partial charge < -0.3 is 4.84 Å². The molecule has 1 saturated heterocycles. The van der Waals surface area contributed by atoms with Crippen molar-refractivity contribution in [2.75, 3.05) is 13.1 Å². The molecule has 0 N–H and O–H groups in total. The molecular weight excluding hydrogens is 260 g/mol. The lowest BCUT2D eigenvalue weighted by Crippen LogP contribution is -2.32. The lowest BCUT2D eigenvalue weighted by Gasteiger charge is -2.20. The summed E-state index contributed by atoms with van der Waals surface area (Å²) < 4.78 is 0. The number of oxime groups is 1. The van der Waals surface area contributed by atoms with Crippen molar-refractivity contribution < 1.29 is 4.84 Å². The second-order valence-electron chi connectivity index (χ2n) is 5.93. The van der Waals surface area contributed by atoms with Gasteiger partial charge in [-0.1, -0.05) is 28.9 Å². The second-order valence-corrected chi connectivity index (χ2v) is 6.37. The quantitative estimate of drug-likeness (QED) is 0.817. The fraction of sp³-hybridized carbons (Fsp3) is 0.533. The Kier molecular flexibility index (Phi) is 2.45. The first-order valence-corrected chi connectivity index (χ1v) is 7.25. The molecule has 1 saturated carbocycles. The third kappa shape index (κ3) is 1.79. The maximum absolute atomic E-state index is 5.97. The third-order valence-electron chi connectivity index (χ3n) is 4.66. The Morgan fingerprint density at radius 3 is 2.53 bits per heavy atom. The van der Waals surface area contributed by atoms with Crippen LogP contribution in [0.3, 0.4) is 0 Å². The van der Waals surface area contributed by atoms with Gasteiger partial charge in [0.2, 0.25) is 0 Å². The minimum absolute atomic E-state index is 0.114. The zero-order chi connectivity index (χ0) is 12.9. The predicted octanol–water partition coefficient (Wildman–Crippen LogP) is 2.89. The van der Waals surface area contributed by atoms with Crippen molar-refractivity contribution in [1.82, 2.24) is 5.32 Å². The molecule has 1 unspecified atom stereocenters. The van der Waals surface area contributed by atoms with Crippen molar-refractivity contribution in [3.8, 4) is 0 Å². The van der Waals surface area contributed by atoms with Gasteiger partial charge in [0.25, 0.3) is 0 Å². The monoisotopic (exact) mass is 275 g/mol. The molecule has 0 bridgehead atoms. The maximum Gasteiger partial charge on any atom is 0.158 e. The van der Waals surface area contributed by atoms with Crippen LogP contribution in [0.25, 0.3) is 0 Å². The Hall–Kier alpha value is -1.06. The standard InChI is InChI=1S/C15H16ClN2O/c16-12-3-1-11(2-4-12)15(5-6-15)13-9-14(19-18-13)7-8-17-10-14/h1-4H,5-10H2. The predicted molar refractivity (Wildman–Crippen MR) is 74.7 cm³/mol. The second kappa shape index (κ2) is 3.97. The Morgan fingerprint density at radius 1 is 1.11 bits per heavy atom. The number of nitrogens with zero attached hydrogens (tertiary/aromatic N) is 2. The molecule has 1 spiro atoms. The average Bonchev–Trinajstić information content (AvgIpc) is 2.93. The van der Waals surface area contributed by atoms with Crippen LogP contribution in [0.15, 0.2) is 29.4 Å². The van der Waals surface area contributed by atoms with Gasteiger partial charge in [-0.15, -0.1) is 0 Å². The Morgan fingerprint density at radius 2 is 1.89 bits per heavy atom. The summed E-state index contributed by atoms with van der Waals surface area (Å²) in [4.78, 5) is 5.75. The molecule has 1 aliphatic carbocycles. The van der Waals surface area contributed by atoms with Gasteiger partial charge in [-0.3, -0.25) is 0 Å².